The molecule has 1 heterocycles. The van der Waals surface area contributed by atoms with Gasteiger partial charge in [0.25, 0.3) is 0 Å². The van der Waals surface area contributed by atoms with E-state index >= 15 is 0 Å². The molecule has 0 fully saturated rings. The third-order valence-corrected chi connectivity index (χ3v) is 2.47. The quantitative estimate of drug-likeness (QED) is 0.792. The Bertz CT molecular complexity index is 354. The van der Waals surface area contributed by atoms with E-state index in [0.29, 0.717) is 17.9 Å². The van der Waals surface area contributed by atoms with Crippen molar-refractivity contribution in [2.75, 3.05) is 11.9 Å². The SMILES string of the molecule is CC(C)[C@@H](CCO)Nc1ccc(C#N)cn1. The van der Waals surface area contributed by atoms with E-state index in [1.807, 2.05) is 6.07 Å². The van der Waals surface area contributed by atoms with Crippen LogP contribution in [0.1, 0.15) is 25.8 Å². The molecule has 0 saturated carbocycles. The van der Waals surface area contributed by atoms with Crippen molar-refractivity contribution in [1.82, 2.24) is 4.98 Å². The minimum Gasteiger partial charge on any atom is -0.396 e. The number of pyridine rings is 1. The molecule has 0 aliphatic rings. The molecule has 0 unspecified atom stereocenters. The molecule has 86 valence electrons. The van der Waals surface area contributed by atoms with Gasteiger partial charge in [0, 0.05) is 18.8 Å². The van der Waals surface area contributed by atoms with Crippen LogP contribution in [0.5, 0.6) is 0 Å². The van der Waals surface area contributed by atoms with Crippen LogP contribution in [0.3, 0.4) is 0 Å². The first kappa shape index (κ1) is 12.5. The summed E-state index contributed by atoms with van der Waals surface area (Å²) in [6.07, 6.45) is 2.23. The minimum absolute atomic E-state index is 0.159. The van der Waals surface area contributed by atoms with Gasteiger partial charge in [0.15, 0.2) is 0 Å². The summed E-state index contributed by atoms with van der Waals surface area (Å²) >= 11 is 0. The predicted molar refractivity (Wildman–Crippen MR) is 62.9 cm³/mol. The summed E-state index contributed by atoms with van der Waals surface area (Å²) in [6, 6.07) is 5.74. The van der Waals surface area contributed by atoms with Gasteiger partial charge in [-0.3, -0.25) is 0 Å². The fraction of sp³-hybridized carbons (Fsp3) is 0.500. The summed E-state index contributed by atoms with van der Waals surface area (Å²) in [5.74, 6) is 1.16. The van der Waals surface area contributed by atoms with Crippen LogP contribution in [-0.2, 0) is 0 Å². The number of nitriles is 1. The Morgan fingerprint density at radius 1 is 1.50 bits per heavy atom. The average molecular weight is 219 g/mol. The number of aliphatic hydroxyl groups is 1. The molecule has 4 nitrogen and oxygen atoms in total. The van der Waals surface area contributed by atoms with Gasteiger partial charge in [-0.25, -0.2) is 4.98 Å². The van der Waals surface area contributed by atoms with Crippen molar-refractivity contribution in [3.63, 3.8) is 0 Å². The summed E-state index contributed by atoms with van der Waals surface area (Å²) in [5, 5.41) is 20.8. The normalized spacial score (nSPS) is 12.2. The van der Waals surface area contributed by atoms with Gasteiger partial charge in [0.05, 0.1) is 5.56 Å². The fourth-order valence-corrected chi connectivity index (χ4v) is 1.45. The number of aromatic nitrogens is 1. The van der Waals surface area contributed by atoms with E-state index in [1.165, 1.54) is 0 Å². The van der Waals surface area contributed by atoms with E-state index in [9.17, 15) is 0 Å². The van der Waals surface area contributed by atoms with Crippen LogP contribution in [-0.4, -0.2) is 22.7 Å². The zero-order valence-electron chi connectivity index (χ0n) is 9.64. The van der Waals surface area contributed by atoms with Crippen molar-refractivity contribution in [1.29, 1.82) is 5.26 Å². The van der Waals surface area contributed by atoms with Crippen LogP contribution in [0.25, 0.3) is 0 Å². The Hall–Kier alpha value is -1.60. The van der Waals surface area contributed by atoms with Crippen molar-refractivity contribution >= 4 is 5.82 Å². The lowest BCUT2D eigenvalue weighted by Crippen LogP contribution is -2.27. The number of nitrogens with one attached hydrogen (secondary N) is 1. The third-order valence-electron chi connectivity index (χ3n) is 2.47. The second kappa shape index (κ2) is 6.09. The number of hydrogen-bond acceptors (Lipinski definition) is 4. The third kappa shape index (κ3) is 3.52. The fourth-order valence-electron chi connectivity index (χ4n) is 1.45. The second-order valence-electron chi connectivity index (χ2n) is 4.05. The predicted octanol–water partition coefficient (Wildman–Crippen LogP) is 1.77. The summed E-state index contributed by atoms with van der Waals surface area (Å²) in [4.78, 5) is 4.14. The van der Waals surface area contributed by atoms with Crippen LogP contribution < -0.4 is 5.32 Å². The summed E-state index contributed by atoms with van der Waals surface area (Å²) in [6.45, 7) is 4.35. The molecule has 0 bridgehead atoms. The van der Waals surface area contributed by atoms with Gasteiger partial charge >= 0.3 is 0 Å². The van der Waals surface area contributed by atoms with Gasteiger partial charge in [-0.05, 0) is 24.5 Å². The molecule has 0 spiro atoms. The van der Waals surface area contributed by atoms with Gasteiger partial charge in [0.1, 0.15) is 11.9 Å². The minimum atomic E-state index is 0.159. The summed E-state index contributed by atoms with van der Waals surface area (Å²) in [5.41, 5.74) is 0.550. The maximum absolute atomic E-state index is 8.94. The Morgan fingerprint density at radius 3 is 2.69 bits per heavy atom. The van der Waals surface area contributed by atoms with Gasteiger partial charge in [0.2, 0.25) is 0 Å². The lowest BCUT2D eigenvalue weighted by molar-refractivity contribution is 0.267. The molecule has 16 heavy (non-hydrogen) atoms. The number of aliphatic hydroxyl groups excluding tert-OH is 1. The van der Waals surface area contributed by atoms with Crippen LogP contribution in [0.2, 0.25) is 0 Å². The Morgan fingerprint density at radius 2 is 2.25 bits per heavy atom. The van der Waals surface area contributed by atoms with E-state index in [-0.39, 0.29) is 12.6 Å². The van der Waals surface area contributed by atoms with Crippen molar-refractivity contribution in [2.24, 2.45) is 5.92 Å². The molecule has 1 aromatic heterocycles. The first-order chi connectivity index (χ1) is 7.67. The van der Waals surface area contributed by atoms with Crippen molar-refractivity contribution in [3.8, 4) is 6.07 Å². The Balaban J connectivity index is 2.66. The number of nitrogens with zero attached hydrogens (tertiary/aromatic N) is 2. The summed E-state index contributed by atoms with van der Waals surface area (Å²) in [7, 11) is 0. The molecule has 0 aliphatic heterocycles. The molecular weight excluding hydrogens is 202 g/mol. The highest BCUT2D eigenvalue weighted by molar-refractivity contribution is 5.39. The standard InChI is InChI=1S/C12H17N3O/c1-9(2)11(5-6-16)15-12-4-3-10(7-13)8-14-12/h3-4,8-9,11,16H,5-6H2,1-2H3,(H,14,15)/t11-/m1/s1. The van der Waals surface area contributed by atoms with E-state index in [1.54, 1.807) is 18.3 Å². The highest BCUT2D eigenvalue weighted by atomic mass is 16.3. The summed E-state index contributed by atoms with van der Waals surface area (Å²) < 4.78 is 0. The van der Waals surface area contributed by atoms with Crippen molar-refractivity contribution < 1.29 is 5.11 Å². The lowest BCUT2D eigenvalue weighted by atomic mass is 10.0. The van der Waals surface area contributed by atoms with Gasteiger partial charge in [-0.1, -0.05) is 13.8 Å². The highest BCUT2D eigenvalue weighted by Crippen LogP contribution is 2.13. The van der Waals surface area contributed by atoms with Crippen molar-refractivity contribution in [3.05, 3.63) is 23.9 Å². The first-order valence-electron chi connectivity index (χ1n) is 5.41. The number of rotatable bonds is 5. The maximum Gasteiger partial charge on any atom is 0.126 e. The molecule has 0 radical (unpaired) electrons. The zero-order chi connectivity index (χ0) is 12.0. The molecule has 0 amide bonds. The molecule has 2 N–H and O–H groups in total. The van der Waals surface area contributed by atoms with E-state index in [0.717, 1.165) is 5.82 Å². The zero-order valence-corrected chi connectivity index (χ0v) is 9.64. The van der Waals surface area contributed by atoms with Crippen LogP contribution >= 0.6 is 0 Å². The first-order valence-corrected chi connectivity index (χ1v) is 5.41. The van der Waals surface area contributed by atoms with Gasteiger partial charge in [-0.15, -0.1) is 0 Å². The Labute approximate surface area is 95.9 Å². The Kier molecular flexibility index (Phi) is 4.74. The van der Waals surface area contributed by atoms with Crippen molar-refractivity contribution in [2.45, 2.75) is 26.3 Å². The van der Waals surface area contributed by atoms with Crippen LogP contribution in [0, 0.1) is 17.2 Å². The average Bonchev–Trinajstić information content (AvgIpc) is 2.29. The molecule has 4 heteroatoms. The number of anilines is 1. The van der Waals surface area contributed by atoms with Crippen LogP contribution in [0.15, 0.2) is 18.3 Å². The molecule has 0 saturated heterocycles. The largest absolute Gasteiger partial charge is 0.396 e. The molecule has 0 aliphatic carbocycles. The maximum atomic E-state index is 8.94. The molecule has 0 aromatic carbocycles. The monoisotopic (exact) mass is 219 g/mol. The molecule has 1 atom stereocenters. The molecular formula is C12H17N3O. The van der Waals surface area contributed by atoms with Gasteiger partial charge < -0.3 is 10.4 Å². The van der Waals surface area contributed by atoms with E-state index < -0.39 is 0 Å². The highest BCUT2D eigenvalue weighted by Gasteiger charge is 2.12. The lowest BCUT2D eigenvalue weighted by Gasteiger charge is -2.21. The second-order valence-corrected chi connectivity index (χ2v) is 4.05. The van der Waals surface area contributed by atoms with Crippen LogP contribution in [0.4, 0.5) is 5.82 Å². The van der Waals surface area contributed by atoms with E-state index in [2.05, 4.69) is 24.1 Å². The van der Waals surface area contributed by atoms with Gasteiger partial charge in [-0.2, -0.15) is 5.26 Å². The van der Waals surface area contributed by atoms with E-state index in [4.69, 9.17) is 10.4 Å². The smallest absolute Gasteiger partial charge is 0.126 e. The topological polar surface area (TPSA) is 68.9 Å². The molecule has 1 rings (SSSR count). The molecule has 1 aromatic rings. The number of hydrogen-bond donors (Lipinski definition) is 2.